The van der Waals surface area contributed by atoms with Gasteiger partial charge in [0.15, 0.2) is 0 Å². The van der Waals surface area contributed by atoms with Crippen LogP contribution in [0.1, 0.15) is 33.6 Å². The van der Waals surface area contributed by atoms with E-state index in [4.69, 9.17) is 4.74 Å². The summed E-state index contributed by atoms with van der Waals surface area (Å²) in [4.78, 5) is 14.2. The molecular formula is C13H22N2O2. The maximum atomic E-state index is 12.4. The second kappa shape index (κ2) is 5.50. The monoisotopic (exact) mass is 238 g/mol. The lowest BCUT2D eigenvalue weighted by molar-refractivity contribution is -0.144. The van der Waals surface area contributed by atoms with Crippen LogP contribution in [0.3, 0.4) is 0 Å². The summed E-state index contributed by atoms with van der Waals surface area (Å²) < 4.78 is 5.24. The largest absolute Gasteiger partial charge is 0.381 e. The predicted octanol–water partition coefficient (Wildman–Crippen LogP) is 1.81. The van der Waals surface area contributed by atoms with E-state index >= 15 is 0 Å². The van der Waals surface area contributed by atoms with Gasteiger partial charge in [-0.05, 0) is 25.7 Å². The third-order valence-electron chi connectivity index (χ3n) is 3.87. The molecule has 1 amide bonds. The topological polar surface area (TPSA) is 53.3 Å². The van der Waals surface area contributed by atoms with Crippen molar-refractivity contribution < 1.29 is 9.53 Å². The van der Waals surface area contributed by atoms with Crippen LogP contribution in [-0.4, -0.2) is 37.1 Å². The predicted molar refractivity (Wildman–Crippen MR) is 65.2 cm³/mol. The Morgan fingerprint density at radius 3 is 2.29 bits per heavy atom. The van der Waals surface area contributed by atoms with Crippen molar-refractivity contribution in [2.45, 2.75) is 39.7 Å². The summed E-state index contributed by atoms with van der Waals surface area (Å²) in [5, 5.41) is 9.33. The summed E-state index contributed by atoms with van der Waals surface area (Å²) in [5.41, 5.74) is -0.865. The minimum Gasteiger partial charge on any atom is -0.381 e. The summed E-state index contributed by atoms with van der Waals surface area (Å²) in [6, 6.07) is 2.37. The molecule has 0 aliphatic carbocycles. The average Bonchev–Trinajstić information content (AvgIpc) is 2.36. The smallest absolute Gasteiger partial charge is 0.243 e. The molecule has 0 aromatic carbocycles. The van der Waals surface area contributed by atoms with E-state index in [0.29, 0.717) is 32.0 Å². The Kier molecular flexibility index (Phi) is 4.53. The Labute approximate surface area is 104 Å². The van der Waals surface area contributed by atoms with Crippen LogP contribution in [0.15, 0.2) is 0 Å². The summed E-state index contributed by atoms with van der Waals surface area (Å²) in [6.07, 6.45) is 1.02. The SMILES string of the molecule is CC(C)C(C)N(C)C(=O)C1(C#N)CCOCC1. The molecule has 0 spiro atoms. The lowest BCUT2D eigenvalue weighted by Gasteiger charge is -2.36. The van der Waals surface area contributed by atoms with E-state index in [2.05, 4.69) is 19.9 Å². The van der Waals surface area contributed by atoms with Gasteiger partial charge in [-0.25, -0.2) is 0 Å². The number of rotatable bonds is 3. The second-order valence-corrected chi connectivity index (χ2v) is 5.21. The molecule has 0 aromatic heterocycles. The standard InChI is InChI=1S/C13H22N2O2/c1-10(2)11(3)15(4)12(16)13(9-14)5-7-17-8-6-13/h10-11H,5-8H2,1-4H3. The van der Waals surface area contributed by atoms with Crippen LogP contribution in [0.4, 0.5) is 0 Å². The van der Waals surface area contributed by atoms with Gasteiger partial charge in [-0.3, -0.25) is 4.79 Å². The highest BCUT2D eigenvalue weighted by atomic mass is 16.5. The van der Waals surface area contributed by atoms with Crippen molar-refractivity contribution in [1.29, 1.82) is 5.26 Å². The molecule has 1 aliphatic rings. The molecular weight excluding hydrogens is 216 g/mol. The number of nitriles is 1. The van der Waals surface area contributed by atoms with E-state index in [1.165, 1.54) is 0 Å². The van der Waals surface area contributed by atoms with Gasteiger partial charge < -0.3 is 9.64 Å². The minimum atomic E-state index is -0.865. The first-order valence-electron chi connectivity index (χ1n) is 6.21. The molecule has 1 unspecified atom stereocenters. The van der Waals surface area contributed by atoms with E-state index < -0.39 is 5.41 Å². The number of amides is 1. The summed E-state index contributed by atoms with van der Waals surface area (Å²) in [5.74, 6) is 0.337. The number of ether oxygens (including phenoxy) is 1. The number of nitrogens with zero attached hydrogens (tertiary/aromatic N) is 2. The third-order valence-corrected chi connectivity index (χ3v) is 3.87. The highest BCUT2D eigenvalue weighted by Crippen LogP contribution is 2.32. The van der Waals surface area contributed by atoms with E-state index in [1.807, 2.05) is 6.92 Å². The molecule has 1 aliphatic heterocycles. The molecule has 0 radical (unpaired) electrons. The number of hydrogen-bond acceptors (Lipinski definition) is 3. The van der Waals surface area contributed by atoms with E-state index in [1.54, 1.807) is 11.9 Å². The van der Waals surface area contributed by atoms with Crippen molar-refractivity contribution in [2.75, 3.05) is 20.3 Å². The number of carbonyl (C=O) groups excluding carboxylic acids is 1. The fraction of sp³-hybridized carbons (Fsp3) is 0.846. The van der Waals surface area contributed by atoms with Crippen molar-refractivity contribution in [1.82, 2.24) is 4.90 Å². The quantitative estimate of drug-likeness (QED) is 0.753. The van der Waals surface area contributed by atoms with Crippen molar-refractivity contribution >= 4 is 5.91 Å². The molecule has 0 N–H and O–H groups in total. The summed E-state index contributed by atoms with van der Waals surface area (Å²) >= 11 is 0. The molecule has 0 aromatic rings. The molecule has 0 bridgehead atoms. The van der Waals surface area contributed by atoms with Gasteiger partial charge in [0.05, 0.1) is 6.07 Å². The van der Waals surface area contributed by atoms with Gasteiger partial charge in [0.2, 0.25) is 5.91 Å². The highest BCUT2D eigenvalue weighted by Gasteiger charge is 2.43. The Morgan fingerprint density at radius 1 is 1.35 bits per heavy atom. The molecule has 4 nitrogen and oxygen atoms in total. The second-order valence-electron chi connectivity index (χ2n) is 5.21. The Bertz CT molecular complexity index is 314. The molecule has 4 heteroatoms. The van der Waals surface area contributed by atoms with Crippen LogP contribution in [0.2, 0.25) is 0 Å². The van der Waals surface area contributed by atoms with E-state index in [9.17, 15) is 10.1 Å². The van der Waals surface area contributed by atoms with Gasteiger partial charge in [-0.1, -0.05) is 13.8 Å². The zero-order chi connectivity index (χ0) is 13.1. The lowest BCUT2D eigenvalue weighted by atomic mass is 9.80. The Morgan fingerprint density at radius 2 is 1.88 bits per heavy atom. The van der Waals surface area contributed by atoms with Gasteiger partial charge in [0.25, 0.3) is 0 Å². The van der Waals surface area contributed by atoms with Crippen LogP contribution < -0.4 is 0 Å². The lowest BCUT2D eigenvalue weighted by Crippen LogP contribution is -2.49. The molecule has 1 rings (SSSR count). The number of hydrogen-bond donors (Lipinski definition) is 0. The van der Waals surface area contributed by atoms with Gasteiger partial charge in [0.1, 0.15) is 5.41 Å². The summed E-state index contributed by atoms with van der Waals surface area (Å²) in [7, 11) is 1.79. The molecule has 1 heterocycles. The van der Waals surface area contributed by atoms with Crippen LogP contribution in [-0.2, 0) is 9.53 Å². The van der Waals surface area contributed by atoms with Crippen molar-refractivity contribution in [3.8, 4) is 6.07 Å². The van der Waals surface area contributed by atoms with Gasteiger partial charge in [-0.2, -0.15) is 5.26 Å². The maximum absolute atomic E-state index is 12.4. The van der Waals surface area contributed by atoms with Crippen LogP contribution in [0.5, 0.6) is 0 Å². The molecule has 17 heavy (non-hydrogen) atoms. The first kappa shape index (κ1) is 14.0. The zero-order valence-electron chi connectivity index (χ0n) is 11.2. The van der Waals surface area contributed by atoms with Crippen molar-refractivity contribution in [3.63, 3.8) is 0 Å². The average molecular weight is 238 g/mol. The summed E-state index contributed by atoms with van der Waals surface area (Å²) in [6.45, 7) is 7.19. The van der Waals surface area contributed by atoms with Gasteiger partial charge in [0, 0.05) is 26.3 Å². The fourth-order valence-electron chi connectivity index (χ4n) is 2.06. The fourth-order valence-corrected chi connectivity index (χ4v) is 2.06. The Hall–Kier alpha value is -1.08. The van der Waals surface area contributed by atoms with Crippen LogP contribution in [0.25, 0.3) is 0 Å². The highest BCUT2D eigenvalue weighted by molar-refractivity contribution is 5.85. The molecule has 1 atom stereocenters. The minimum absolute atomic E-state index is 0.0514. The Balaban J connectivity index is 2.83. The zero-order valence-corrected chi connectivity index (χ0v) is 11.2. The number of carbonyl (C=O) groups is 1. The third kappa shape index (κ3) is 2.78. The van der Waals surface area contributed by atoms with Crippen molar-refractivity contribution in [2.24, 2.45) is 11.3 Å². The first-order valence-corrected chi connectivity index (χ1v) is 6.21. The van der Waals surface area contributed by atoms with E-state index in [-0.39, 0.29) is 11.9 Å². The molecule has 96 valence electrons. The van der Waals surface area contributed by atoms with Crippen LogP contribution in [0, 0.1) is 22.7 Å². The normalized spacial score (nSPS) is 20.7. The molecule has 1 fully saturated rings. The van der Waals surface area contributed by atoms with Crippen LogP contribution >= 0.6 is 0 Å². The van der Waals surface area contributed by atoms with Gasteiger partial charge >= 0.3 is 0 Å². The molecule has 1 saturated heterocycles. The van der Waals surface area contributed by atoms with Gasteiger partial charge in [-0.15, -0.1) is 0 Å². The van der Waals surface area contributed by atoms with Crippen molar-refractivity contribution in [3.05, 3.63) is 0 Å². The molecule has 0 saturated carbocycles. The maximum Gasteiger partial charge on any atom is 0.243 e. The van der Waals surface area contributed by atoms with E-state index in [0.717, 1.165) is 0 Å². The first-order chi connectivity index (χ1) is 7.94.